The van der Waals surface area contributed by atoms with Gasteiger partial charge in [-0.3, -0.25) is 0 Å². The fourth-order valence-electron chi connectivity index (χ4n) is 3.25. The van der Waals surface area contributed by atoms with E-state index in [0.29, 0.717) is 16.5 Å². The standard InChI is InChI=1S/C18H23ClN4O2/c1-25-17-6-5-14(19)12-16(17)21-18(24)23-9-3-2-4-15(23)7-10-22-11-8-20-13-22/h5-6,8,11-13,15H,2-4,7,9-10H2,1H3,(H,21,24)/t15-/m0/s1. The summed E-state index contributed by atoms with van der Waals surface area (Å²) in [6.45, 7) is 1.62. The van der Waals surface area contributed by atoms with Crippen LogP contribution in [0.4, 0.5) is 10.5 Å². The molecule has 2 aromatic rings. The Morgan fingerprint density at radius 1 is 1.44 bits per heavy atom. The average Bonchev–Trinajstić information content (AvgIpc) is 3.14. The summed E-state index contributed by atoms with van der Waals surface area (Å²) < 4.78 is 7.36. The van der Waals surface area contributed by atoms with Crippen molar-refractivity contribution in [3.8, 4) is 5.75 Å². The molecule has 1 atom stereocenters. The highest BCUT2D eigenvalue weighted by Crippen LogP contribution is 2.29. The van der Waals surface area contributed by atoms with Gasteiger partial charge in [0.05, 0.1) is 19.1 Å². The molecule has 0 aliphatic carbocycles. The van der Waals surface area contributed by atoms with Crippen LogP contribution in [0, 0.1) is 0 Å². The molecule has 1 aliphatic rings. The number of anilines is 1. The van der Waals surface area contributed by atoms with Gasteiger partial charge in [-0.05, 0) is 43.9 Å². The maximum atomic E-state index is 12.8. The lowest BCUT2D eigenvalue weighted by Crippen LogP contribution is -2.46. The van der Waals surface area contributed by atoms with Crippen molar-refractivity contribution in [3.63, 3.8) is 0 Å². The van der Waals surface area contributed by atoms with Crippen molar-refractivity contribution < 1.29 is 9.53 Å². The average molecular weight is 363 g/mol. The van der Waals surface area contributed by atoms with E-state index in [2.05, 4.69) is 10.3 Å². The number of halogens is 1. The molecule has 134 valence electrons. The first kappa shape index (κ1) is 17.6. The van der Waals surface area contributed by atoms with E-state index in [-0.39, 0.29) is 12.1 Å². The predicted octanol–water partition coefficient (Wildman–Crippen LogP) is 4.02. The van der Waals surface area contributed by atoms with Crippen LogP contribution in [0.5, 0.6) is 5.75 Å². The topological polar surface area (TPSA) is 59.4 Å². The number of carbonyl (C=O) groups is 1. The van der Waals surface area contributed by atoms with Crippen LogP contribution >= 0.6 is 11.6 Å². The van der Waals surface area contributed by atoms with Gasteiger partial charge in [0.1, 0.15) is 5.75 Å². The van der Waals surface area contributed by atoms with E-state index >= 15 is 0 Å². The van der Waals surface area contributed by atoms with Crippen molar-refractivity contribution in [2.24, 2.45) is 0 Å². The minimum atomic E-state index is -0.101. The van der Waals surface area contributed by atoms with E-state index in [1.165, 1.54) is 0 Å². The normalized spacial score (nSPS) is 17.4. The molecule has 1 aliphatic heterocycles. The molecule has 6 nitrogen and oxygen atoms in total. The Kier molecular flexibility index (Phi) is 5.81. The Labute approximate surface area is 152 Å². The van der Waals surface area contributed by atoms with E-state index < -0.39 is 0 Å². The monoisotopic (exact) mass is 362 g/mol. The highest BCUT2D eigenvalue weighted by atomic mass is 35.5. The molecule has 0 bridgehead atoms. The summed E-state index contributed by atoms with van der Waals surface area (Å²) in [5, 5.41) is 3.52. The van der Waals surface area contributed by atoms with Crippen LogP contribution in [0.1, 0.15) is 25.7 Å². The van der Waals surface area contributed by atoms with E-state index in [0.717, 1.165) is 38.8 Å². The van der Waals surface area contributed by atoms with Gasteiger partial charge in [-0.25, -0.2) is 9.78 Å². The fraction of sp³-hybridized carbons (Fsp3) is 0.444. The van der Waals surface area contributed by atoms with Gasteiger partial charge in [0.2, 0.25) is 0 Å². The molecule has 1 aromatic heterocycles. The number of rotatable bonds is 5. The van der Waals surface area contributed by atoms with Crippen molar-refractivity contribution in [3.05, 3.63) is 41.9 Å². The lowest BCUT2D eigenvalue weighted by atomic mass is 9.99. The van der Waals surface area contributed by atoms with E-state index in [9.17, 15) is 4.79 Å². The number of amides is 2. The number of ether oxygens (including phenoxy) is 1. The third-order valence-corrected chi connectivity index (χ3v) is 4.81. The molecule has 0 saturated carbocycles. The van der Waals surface area contributed by atoms with E-state index in [1.54, 1.807) is 31.5 Å². The maximum absolute atomic E-state index is 12.8. The lowest BCUT2D eigenvalue weighted by molar-refractivity contribution is 0.155. The number of urea groups is 1. The largest absolute Gasteiger partial charge is 0.495 e. The van der Waals surface area contributed by atoms with Gasteiger partial charge in [-0.1, -0.05) is 11.6 Å². The summed E-state index contributed by atoms with van der Waals surface area (Å²) in [5.41, 5.74) is 0.596. The number of hydrogen-bond acceptors (Lipinski definition) is 3. The summed E-state index contributed by atoms with van der Waals surface area (Å²) in [5.74, 6) is 0.602. The summed E-state index contributed by atoms with van der Waals surface area (Å²) in [6.07, 6.45) is 9.65. The zero-order valence-corrected chi connectivity index (χ0v) is 15.1. The second-order valence-corrected chi connectivity index (χ2v) is 6.64. The minimum absolute atomic E-state index is 0.101. The van der Waals surface area contributed by atoms with Crippen molar-refractivity contribution in [2.45, 2.75) is 38.3 Å². The number of nitrogens with one attached hydrogen (secondary N) is 1. The second kappa shape index (κ2) is 8.25. The first-order valence-corrected chi connectivity index (χ1v) is 8.92. The highest BCUT2D eigenvalue weighted by molar-refractivity contribution is 6.31. The Morgan fingerprint density at radius 2 is 2.32 bits per heavy atom. The van der Waals surface area contributed by atoms with Crippen LogP contribution in [-0.4, -0.2) is 40.2 Å². The zero-order valence-electron chi connectivity index (χ0n) is 14.3. The maximum Gasteiger partial charge on any atom is 0.322 e. The van der Waals surface area contributed by atoms with Gasteiger partial charge in [0.25, 0.3) is 0 Å². The van der Waals surface area contributed by atoms with E-state index in [4.69, 9.17) is 16.3 Å². The first-order chi connectivity index (χ1) is 12.2. The van der Waals surface area contributed by atoms with Gasteiger partial charge in [-0.15, -0.1) is 0 Å². The molecule has 2 amide bonds. The fourth-order valence-corrected chi connectivity index (χ4v) is 3.42. The molecular formula is C18H23ClN4O2. The van der Waals surface area contributed by atoms with Crippen molar-refractivity contribution in [2.75, 3.05) is 19.0 Å². The van der Waals surface area contributed by atoms with Crippen LogP contribution in [0.3, 0.4) is 0 Å². The molecule has 2 heterocycles. The number of likely N-dealkylation sites (tertiary alicyclic amines) is 1. The number of benzene rings is 1. The number of piperidine rings is 1. The number of methoxy groups -OCH3 is 1. The van der Waals surface area contributed by atoms with Crippen molar-refractivity contribution >= 4 is 23.3 Å². The molecule has 1 aromatic carbocycles. The molecular weight excluding hydrogens is 340 g/mol. The number of nitrogens with zero attached hydrogens (tertiary/aromatic N) is 3. The number of aryl methyl sites for hydroxylation is 1. The molecule has 0 radical (unpaired) electrons. The zero-order chi connectivity index (χ0) is 17.6. The molecule has 3 rings (SSSR count). The smallest absolute Gasteiger partial charge is 0.322 e. The Hall–Kier alpha value is -2.21. The second-order valence-electron chi connectivity index (χ2n) is 6.21. The SMILES string of the molecule is COc1ccc(Cl)cc1NC(=O)N1CCCC[C@H]1CCn1ccnc1. The van der Waals surface area contributed by atoms with Crippen LogP contribution < -0.4 is 10.1 Å². The van der Waals surface area contributed by atoms with Crippen molar-refractivity contribution in [1.29, 1.82) is 0 Å². The molecule has 1 N–H and O–H groups in total. The van der Waals surface area contributed by atoms with Crippen LogP contribution in [0.15, 0.2) is 36.9 Å². The molecule has 1 saturated heterocycles. The van der Waals surface area contributed by atoms with Gasteiger partial charge >= 0.3 is 6.03 Å². The number of carbonyl (C=O) groups excluding carboxylic acids is 1. The first-order valence-electron chi connectivity index (χ1n) is 8.54. The molecule has 0 spiro atoms. The van der Waals surface area contributed by atoms with Gasteiger partial charge in [0, 0.05) is 36.5 Å². The predicted molar refractivity (Wildman–Crippen MR) is 98.2 cm³/mol. The lowest BCUT2D eigenvalue weighted by Gasteiger charge is -2.36. The van der Waals surface area contributed by atoms with Crippen LogP contribution in [-0.2, 0) is 6.54 Å². The number of imidazole rings is 1. The summed E-state index contributed by atoms with van der Waals surface area (Å²) in [6, 6.07) is 5.33. The Balaban J connectivity index is 1.67. The van der Waals surface area contributed by atoms with Gasteiger partial charge < -0.3 is 19.5 Å². The molecule has 0 unspecified atom stereocenters. The highest BCUT2D eigenvalue weighted by Gasteiger charge is 2.27. The summed E-state index contributed by atoms with van der Waals surface area (Å²) >= 11 is 6.05. The molecule has 1 fully saturated rings. The summed E-state index contributed by atoms with van der Waals surface area (Å²) in [4.78, 5) is 18.8. The minimum Gasteiger partial charge on any atom is -0.495 e. The van der Waals surface area contributed by atoms with Crippen molar-refractivity contribution in [1.82, 2.24) is 14.5 Å². The number of hydrogen-bond donors (Lipinski definition) is 1. The van der Waals surface area contributed by atoms with Gasteiger partial charge in [0.15, 0.2) is 0 Å². The quantitative estimate of drug-likeness (QED) is 0.873. The molecule has 25 heavy (non-hydrogen) atoms. The summed E-state index contributed by atoms with van der Waals surface area (Å²) in [7, 11) is 1.58. The Morgan fingerprint density at radius 3 is 3.08 bits per heavy atom. The van der Waals surface area contributed by atoms with E-state index in [1.807, 2.05) is 22.0 Å². The molecule has 7 heteroatoms. The number of aromatic nitrogens is 2. The van der Waals surface area contributed by atoms with Crippen LogP contribution in [0.25, 0.3) is 0 Å². The Bertz CT molecular complexity index is 705. The third-order valence-electron chi connectivity index (χ3n) is 4.57. The van der Waals surface area contributed by atoms with Gasteiger partial charge in [-0.2, -0.15) is 0 Å². The van der Waals surface area contributed by atoms with Crippen LogP contribution in [0.2, 0.25) is 5.02 Å². The third kappa shape index (κ3) is 4.45.